The highest BCUT2D eigenvalue weighted by molar-refractivity contribution is 6.30. The molecule has 0 amide bonds. The molecule has 0 fully saturated rings. The molecule has 0 atom stereocenters. The molecule has 0 spiro atoms. The number of nitrogens with zero attached hydrogens (tertiary/aromatic N) is 3. The summed E-state index contributed by atoms with van der Waals surface area (Å²) < 4.78 is 2.01. The molecule has 0 unspecified atom stereocenters. The number of aryl methyl sites for hydroxylation is 2. The molecule has 2 aromatic heterocycles. The van der Waals surface area contributed by atoms with Gasteiger partial charge in [-0.1, -0.05) is 58.7 Å². The highest BCUT2D eigenvalue weighted by Crippen LogP contribution is 2.25. The molecule has 0 N–H and O–H groups in total. The van der Waals surface area contributed by atoms with Crippen LogP contribution in [0.1, 0.15) is 22.4 Å². The predicted octanol–water partition coefficient (Wildman–Crippen LogP) is 5.82. The van der Waals surface area contributed by atoms with Crippen LogP contribution in [0.15, 0.2) is 72.0 Å². The van der Waals surface area contributed by atoms with Gasteiger partial charge < -0.3 is 4.84 Å². The molecule has 5 heteroatoms. The Balaban J connectivity index is 1.66. The summed E-state index contributed by atoms with van der Waals surface area (Å²) in [4.78, 5) is 10.3. The van der Waals surface area contributed by atoms with Crippen LogP contribution in [-0.2, 0) is 11.4 Å². The van der Waals surface area contributed by atoms with Crippen LogP contribution in [0.25, 0.3) is 16.9 Å². The zero-order valence-corrected chi connectivity index (χ0v) is 16.5. The van der Waals surface area contributed by atoms with Gasteiger partial charge in [-0.2, -0.15) is 0 Å². The first-order chi connectivity index (χ1) is 13.6. The van der Waals surface area contributed by atoms with Crippen molar-refractivity contribution in [3.05, 3.63) is 94.3 Å². The lowest BCUT2D eigenvalue weighted by atomic mass is 10.1. The van der Waals surface area contributed by atoms with Crippen molar-refractivity contribution in [3.8, 4) is 11.3 Å². The summed E-state index contributed by atoms with van der Waals surface area (Å²) >= 11 is 6.04. The maximum atomic E-state index is 6.04. The molecular weight excluding hydrogens is 370 g/mol. The smallest absolute Gasteiger partial charge is 0.142 e. The summed E-state index contributed by atoms with van der Waals surface area (Å²) in [5, 5.41) is 4.90. The minimum atomic E-state index is 0.421. The molecule has 0 aliphatic rings. The van der Waals surface area contributed by atoms with E-state index in [0.717, 1.165) is 33.7 Å². The number of benzene rings is 2. The van der Waals surface area contributed by atoms with Crippen molar-refractivity contribution in [1.82, 2.24) is 9.38 Å². The SMILES string of the molecule is Cc1cccc(CON=Cc2c(-c3ccc(Cl)cc3)nc3cc(C)ccn23)c1. The Morgan fingerprint density at radius 1 is 1.04 bits per heavy atom. The highest BCUT2D eigenvalue weighted by atomic mass is 35.5. The van der Waals surface area contributed by atoms with E-state index in [1.807, 2.05) is 59.1 Å². The van der Waals surface area contributed by atoms with Crippen LogP contribution in [0.5, 0.6) is 0 Å². The van der Waals surface area contributed by atoms with Crippen LogP contribution in [0.4, 0.5) is 0 Å². The van der Waals surface area contributed by atoms with Crippen molar-refractivity contribution in [1.29, 1.82) is 0 Å². The Morgan fingerprint density at radius 2 is 1.82 bits per heavy atom. The lowest BCUT2D eigenvalue weighted by molar-refractivity contribution is 0.132. The van der Waals surface area contributed by atoms with E-state index < -0.39 is 0 Å². The van der Waals surface area contributed by atoms with Crippen molar-refractivity contribution in [2.45, 2.75) is 20.5 Å². The maximum Gasteiger partial charge on any atom is 0.142 e. The van der Waals surface area contributed by atoms with Gasteiger partial charge in [-0.05, 0) is 49.2 Å². The molecule has 0 radical (unpaired) electrons. The number of hydrogen-bond acceptors (Lipinski definition) is 3. The number of hydrogen-bond donors (Lipinski definition) is 0. The average molecular weight is 390 g/mol. The largest absolute Gasteiger partial charge is 0.391 e. The van der Waals surface area contributed by atoms with Crippen LogP contribution in [0, 0.1) is 13.8 Å². The van der Waals surface area contributed by atoms with E-state index in [9.17, 15) is 0 Å². The first-order valence-corrected chi connectivity index (χ1v) is 9.43. The van der Waals surface area contributed by atoms with E-state index in [1.165, 1.54) is 5.56 Å². The third kappa shape index (κ3) is 3.92. The fraction of sp³-hybridized carbons (Fsp3) is 0.130. The van der Waals surface area contributed by atoms with Crippen LogP contribution in [0.2, 0.25) is 5.02 Å². The Labute approximate surface area is 169 Å². The third-order valence-corrected chi connectivity index (χ3v) is 4.75. The van der Waals surface area contributed by atoms with Gasteiger partial charge in [0.2, 0.25) is 0 Å². The summed E-state index contributed by atoms with van der Waals surface area (Å²) in [6.45, 7) is 4.53. The number of fused-ring (bicyclic) bond motifs is 1. The fourth-order valence-electron chi connectivity index (χ4n) is 3.11. The molecule has 2 heterocycles. The zero-order valence-electron chi connectivity index (χ0n) is 15.8. The quantitative estimate of drug-likeness (QED) is 0.318. The summed E-state index contributed by atoms with van der Waals surface area (Å²) in [5.74, 6) is 0. The van der Waals surface area contributed by atoms with Gasteiger partial charge in [-0.25, -0.2) is 4.98 Å². The van der Waals surface area contributed by atoms with Gasteiger partial charge in [0.25, 0.3) is 0 Å². The standard InChI is InChI=1S/C23H20ClN3O/c1-16-4-3-5-18(12-16)15-28-25-14-21-23(19-6-8-20(24)9-7-19)26-22-13-17(2)10-11-27(21)22/h3-14H,15H2,1-2H3. The lowest BCUT2D eigenvalue weighted by Crippen LogP contribution is -1.95. The summed E-state index contributed by atoms with van der Waals surface area (Å²) in [5.41, 5.74) is 6.98. The van der Waals surface area contributed by atoms with Crippen molar-refractivity contribution in [2.75, 3.05) is 0 Å². The molecule has 0 bridgehead atoms. The summed E-state index contributed by atoms with van der Waals surface area (Å²) in [6.07, 6.45) is 3.72. The van der Waals surface area contributed by atoms with Gasteiger partial charge >= 0.3 is 0 Å². The Bertz CT molecular complexity index is 1150. The molecule has 0 saturated carbocycles. The molecule has 4 nitrogen and oxygen atoms in total. The van der Waals surface area contributed by atoms with Crippen LogP contribution < -0.4 is 0 Å². The van der Waals surface area contributed by atoms with Gasteiger partial charge in [0.1, 0.15) is 12.3 Å². The Hall–Kier alpha value is -3.11. The number of halogens is 1. The Kier molecular flexibility index (Phi) is 5.13. The monoisotopic (exact) mass is 389 g/mol. The molecule has 0 aliphatic heterocycles. The lowest BCUT2D eigenvalue weighted by Gasteiger charge is -2.03. The predicted molar refractivity (Wildman–Crippen MR) is 114 cm³/mol. The molecule has 0 aliphatic carbocycles. The number of pyridine rings is 1. The first kappa shape index (κ1) is 18.3. The summed E-state index contributed by atoms with van der Waals surface area (Å²) in [7, 11) is 0. The van der Waals surface area contributed by atoms with Gasteiger partial charge in [0.05, 0.1) is 17.6 Å². The minimum Gasteiger partial charge on any atom is -0.391 e. The highest BCUT2D eigenvalue weighted by Gasteiger charge is 2.13. The zero-order chi connectivity index (χ0) is 19.5. The van der Waals surface area contributed by atoms with Crippen molar-refractivity contribution >= 4 is 23.5 Å². The van der Waals surface area contributed by atoms with Crippen molar-refractivity contribution < 1.29 is 4.84 Å². The molecule has 28 heavy (non-hydrogen) atoms. The van der Waals surface area contributed by atoms with E-state index in [4.69, 9.17) is 21.4 Å². The second-order valence-corrected chi connectivity index (χ2v) is 7.22. The molecule has 2 aromatic carbocycles. The molecule has 4 rings (SSSR count). The number of oxime groups is 1. The first-order valence-electron chi connectivity index (χ1n) is 9.06. The van der Waals surface area contributed by atoms with Gasteiger partial charge in [-0.3, -0.25) is 4.40 Å². The molecule has 0 saturated heterocycles. The molecule has 4 aromatic rings. The van der Waals surface area contributed by atoms with E-state index in [-0.39, 0.29) is 0 Å². The third-order valence-electron chi connectivity index (χ3n) is 4.50. The number of imidazole rings is 1. The number of aromatic nitrogens is 2. The van der Waals surface area contributed by atoms with E-state index in [1.54, 1.807) is 6.21 Å². The van der Waals surface area contributed by atoms with Gasteiger partial charge in [0, 0.05) is 16.8 Å². The molecular formula is C23H20ClN3O. The van der Waals surface area contributed by atoms with Crippen molar-refractivity contribution in [2.24, 2.45) is 5.16 Å². The van der Waals surface area contributed by atoms with E-state index in [2.05, 4.69) is 31.1 Å². The second-order valence-electron chi connectivity index (χ2n) is 6.78. The maximum absolute atomic E-state index is 6.04. The van der Waals surface area contributed by atoms with E-state index >= 15 is 0 Å². The Morgan fingerprint density at radius 3 is 2.61 bits per heavy atom. The molecule has 140 valence electrons. The van der Waals surface area contributed by atoms with Gasteiger partial charge in [-0.15, -0.1) is 0 Å². The van der Waals surface area contributed by atoms with Crippen LogP contribution >= 0.6 is 11.6 Å². The fourth-order valence-corrected chi connectivity index (χ4v) is 3.24. The normalized spacial score (nSPS) is 11.4. The van der Waals surface area contributed by atoms with Gasteiger partial charge in [0.15, 0.2) is 0 Å². The topological polar surface area (TPSA) is 38.9 Å². The van der Waals surface area contributed by atoms with E-state index in [0.29, 0.717) is 11.6 Å². The van der Waals surface area contributed by atoms with Crippen molar-refractivity contribution in [3.63, 3.8) is 0 Å². The van der Waals surface area contributed by atoms with Crippen LogP contribution in [0.3, 0.4) is 0 Å². The van der Waals surface area contributed by atoms with Crippen LogP contribution in [-0.4, -0.2) is 15.6 Å². The second kappa shape index (κ2) is 7.87. The number of rotatable bonds is 5. The summed E-state index contributed by atoms with van der Waals surface area (Å²) in [6, 6.07) is 19.9. The average Bonchev–Trinajstić information content (AvgIpc) is 3.03. The minimum absolute atomic E-state index is 0.421.